The highest BCUT2D eigenvalue weighted by atomic mass is 19.1. The molecule has 0 spiro atoms. The van der Waals surface area contributed by atoms with Gasteiger partial charge in [0.25, 0.3) is 0 Å². The number of hydrogen-bond acceptors (Lipinski definition) is 2. The fourth-order valence-corrected chi connectivity index (χ4v) is 1.81. The summed E-state index contributed by atoms with van der Waals surface area (Å²) in [4.78, 5) is 4.03. The lowest BCUT2D eigenvalue weighted by Crippen LogP contribution is -2.06. The van der Waals surface area contributed by atoms with Crippen molar-refractivity contribution < 1.29 is 4.39 Å². The molecule has 1 fully saturated rings. The van der Waals surface area contributed by atoms with Crippen molar-refractivity contribution in [2.75, 3.05) is 0 Å². The standard InChI is InChI=1S/C10H13FN2/c1-10(2)8(9(10)12)7-4-3-6(11)5-13-7/h3-5,8-9H,12H2,1-2H3/t8-,9-/m1/s1. The van der Waals surface area contributed by atoms with Gasteiger partial charge in [0.15, 0.2) is 0 Å². The van der Waals surface area contributed by atoms with Gasteiger partial charge in [-0.05, 0) is 17.5 Å². The summed E-state index contributed by atoms with van der Waals surface area (Å²) in [6.07, 6.45) is 1.25. The molecule has 1 heterocycles. The summed E-state index contributed by atoms with van der Waals surface area (Å²) in [6.45, 7) is 4.21. The van der Waals surface area contributed by atoms with Gasteiger partial charge in [0.2, 0.25) is 0 Å². The molecule has 1 aliphatic carbocycles. The molecule has 2 N–H and O–H groups in total. The van der Waals surface area contributed by atoms with Crippen molar-refractivity contribution in [2.24, 2.45) is 11.1 Å². The topological polar surface area (TPSA) is 38.9 Å². The first kappa shape index (κ1) is 8.63. The number of aromatic nitrogens is 1. The van der Waals surface area contributed by atoms with Crippen molar-refractivity contribution in [1.82, 2.24) is 4.98 Å². The SMILES string of the molecule is CC1(C)[C@H](N)[C@H]1c1ccc(F)cn1. The van der Waals surface area contributed by atoms with Crippen LogP contribution in [0.2, 0.25) is 0 Å². The monoisotopic (exact) mass is 180 g/mol. The first-order valence-electron chi connectivity index (χ1n) is 4.40. The van der Waals surface area contributed by atoms with E-state index in [1.165, 1.54) is 12.3 Å². The Hall–Kier alpha value is -0.960. The van der Waals surface area contributed by atoms with Gasteiger partial charge >= 0.3 is 0 Å². The molecule has 0 amide bonds. The second-order valence-corrected chi connectivity index (χ2v) is 4.23. The third-order valence-corrected chi connectivity index (χ3v) is 2.98. The van der Waals surface area contributed by atoms with Crippen LogP contribution in [0.3, 0.4) is 0 Å². The second-order valence-electron chi connectivity index (χ2n) is 4.23. The van der Waals surface area contributed by atoms with Gasteiger partial charge in [-0.1, -0.05) is 13.8 Å². The normalized spacial score (nSPS) is 30.2. The number of pyridine rings is 1. The molecule has 3 heteroatoms. The van der Waals surface area contributed by atoms with Gasteiger partial charge in [0, 0.05) is 17.7 Å². The van der Waals surface area contributed by atoms with E-state index in [9.17, 15) is 4.39 Å². The van der Waals surface area contributed by atoms with Crippen LogP contribution < -0.4 is 5.73 Å². The number of nitrogens with zero attached hydrogens (tertiary/aromatic N) is 1. The number of rotatable bonds is 1. The molecule has 13 heavy (non-hydrogen) atoms. The largest absolute Gasteiger partial charge is 0.327 e. The lowest BCUT2D eigenvalue weighted by molar-refractivity contribution is 0.590. The maximum absolute atomic E-state index is 12.6. The van der Waals surface area contributed by atoms with Crippen molar-refractivity contribution in [3.63, 3.8) is 0 Å². The molecule has 70 valence electrons. The summed E-state index contributed by atoms with van der Waals surface area (Å²) in [5.41, 5.74) is 6.90. The zero-order chi connectivity index (χ0) is 9.64. The van der Waals surface area contributed by atoms with Crippen LogP contribution in [0.1, 0.15) is 25.5 Å². The Morgan fingerprint density at radius 1 is 1.46 bits per heavy atom. The van der Waals surface area contributed by atoms with E-state index in [4.69, 9.17) is 5.73 Å². The summed E-state index contributed by atoms with van der Waals surface area (Å²) in [5, 5.41) is 0. The maximum atomic E-state index is 12.6. The van der Waals surface area contributed by atoms with Gasteiger partial charge in [-0.3, -0.25) is 4.98 Å². The molecule has 2 rings (SSSR count). The van der Waals surface area contributed by atoms with Crippen LogP contribution in [-0.4, -0.2) is 11.0 Å². The van der Waals surface area contributed by atoms with E-state index >= 15 is 0 Å². The zero-order valence-corrected chi connectivity index (χ0v) is 7.79. The predicted molar refractivity (Wildman–Crippen MR) is 48.7 cm³/mol. The smallest absolute Gasteiger partial charge is 0.141 e. The molecule has 0 bridgehead atoms. The van der Waals surface area contributed by atoms with Crippen molar-refractivity contribution in [2.45, 2.75) is 25.8 Å². The van der Waals surface area contributed by atoms with Gasteiger partial charge in [-0.2, -0.15) is 0 Å². The lowest BCUT2D eigenvalue weighted by Gasteiger charge is -2.00. The summed E-state index contributed by atoms with van der Waals surface area (Å²) in [7, 11) is 0. The average Bonchev–Trinajstić information content (AvgIpc) is 2.55. The maximum Gasteiger partial charge on any atom is 0.141 e. The second kappa shape index (κ2) is 2.51. The van der Waals surface area contributed by atoms with E-state index < -0.39 is 0 Å². The van der Waals surface area contributed by atoms with Crippen LogP contribution in [0, 0.1) is 11.2 Å². The summed E-state index contributed by atoms with van der Waals surface area (Å²) >= 11 is 0. The Balaban J connectivity index is 2.25. The van der Waals surface area contributed by atoms with Crippen LogP contribution in [0.25, 0.3) is 0 Å². The third-order valence-electron chi connectivity index (χ3n) is 2.98. The molecule has 0 radical (unpaired) electrons. The summed E-state index contributed by atoms with van der Waals surface area (Å²) in [5.74, 6) is -0.0103. The first-order valence-corrected chi connectivity index (χ1v) is 4.40. The lowest BCUT2D eigenvalue weighted by atomic mass is 10.1. The Morgan fingerprint density at radius 2 is 2.08 bits per heavy atom. The van der Waals surface area contributed by atoms with Gasteiger partial charge < -0.3 is 5.73 Å². The summed E-state index contributed by atoms with van der Waals surface area (Å²) in [6, 6.07) is 3.31. The Labute approximate surface area is 77.0 Å². The quantitative estimate of drug-likeness (QED) is 0.714. The predicted octanol–water partition coefficient (Wildman–Crippen LogP) is 1.67. The highest BCUT2D eigenvalue weighted by Crippen LogP contribution is 2.56. The van der Waals surface area contributed by atoms with Crippen LogP contribution in [0.5, 0.6) is 0 Å². The Kier molecular flexibility index (Phi) is 1.67. The number of nitrogens with two attached hydrogens (primary N) is 1. The minimum Gasteiger partial charge on any atom is -0.327 e. The molecule has 0 aromatic carbocycles. The van der Waals surface area contributed by atoms with Crippen molar-refractivity contribution in [3.05, 3.63) is 29.8 Å². The molecule has 1 saturated carbocycles. The van der Waals surface area contributed by atoms with Crippen molar-refractivity contribution >= 4 is 0 Å². The third kappa shape index (κ3) is 1.23. The fraction of sp³-hybridized carbons (Fsp3) is 0.500. The Morgan fingerprint density at radius 3 is 2.46 bits per heavy atom. The molecule has 0 unspecified atom stereocenters. The van der Waals surface area contributed by atoms with Crippen LogP contribution in [0.15, 0.2) is 18.3 Å². The van der Waals surface area contributed by atoms with E-state index in [-0.39, 0.29) is 23.2 Å². The molecule has 0 saturated heterocycles. The first-order chi connectivity index (χ1) is 6.03. The van der Waals surface area contributed by atoms with Crippen molar-refractivity contribution in [1.29, 1.82) is 0 Å². The molecule has 2 atom stereocenters. The van der Waals surface area contributed by atoms with E-state index in [2.05, 4.69) is 18.8 Å². The van der Waals surface area contributed by atoms with E-state index in [0.29, 0.717) is 0 Å². The van der Waals surface area contributed by atoms with Gasteiger partial charge in [-0.25, -0.2) is 4.39 Å². The average molecular weight is 180 g/mol. The minimum absolute atomic E-state index is 0.116. The molecule has 1 aromatic rings. The molecular formula is C10H13FN2. The zero-order valence-electron chi connectivity index (χ0n) is 7.79. The highest BCUT2D eigenvalue weighted by molar-refractivity contribution is 5.28. The highest BCUT2D eigenvalue weighted by Gasteiger charge is 2.56. The van der Waals surface area contributed by atoms with E-state index in [0.717, 1.165) is 5.69 Å². The van der Waals surface area contributed by atoms with Gasteiger partial charge in [0.05, 0.1) is 6.20 Å². The van der Waals surface area contributed by atoms with Gasteiger partial charge in [-0.15, -0.1) is 0 Å². The van der Waals surface area contributed by atoms with E-state index in [1.54, 1.807) is 6.07 Å². The molecule has 0 aliphatic heterocycles. The van der Waals surface area contributed by atoms with Crippen LogP contribution in [-0.2, 0) is 0 Å². The molecule has 2 nitrogen and oxygen atoms in total. The van der Waals surface area contributed by atoms with Crippen LogP contribution in [0.4, 0.5) is 4.39 Å². The minimum atomic E-state index is -0.296. The number of halogens is 1. The van der Waals surface area contributed by atoms with Gasteiger partial charge in [0.1, 0.15) is 5.82 Å². The summed E-state index contributed by atoms with van der Waals surface area (Å²) < 4.78 is 12.6. The molecular weight excluding hydrogens is 167 g/mol. The van der Waals surface area contributed by atoms with Crippen molar-refractivity contribution in [3.8, 4) is 0 Å². The van der Waals surface area contributed by atoms with E-state index in [1.807, 2.05) is 0 Å². The molecule has 1 aromatic heterocycles. The van der Waals surface area contributed by atoms with Crippen LogP contribution >= 0.6 is 0 Å². The molecule has 1 aliphatic rings. The fourth-order valence-electron chi connectivity index (χ4n) is 1.81. The number of hydrogen-bond donors (Lipinski definition) is 1. The Bertz CT molecular complexity index is 318.